The van der Waals surface area contributed by atoms with Crippen LogP contribution >= 0.6 is 0 Å². The minimum atomic E-state index is -0.982. The molecule has 0 atom stereocenters. The lowest BCUT2D eigenvalue weighted by Crippen LogP contribution is -2.25. The van der Waals surface area contributed by atoms with E-state index in [0.717, 1.165) is 0 Å². The van der Waals surface area contributed by atoms with E-state index < -0.39 is 5.97 Å². The maximum atomic E-state index is 11.3. The number of hydrogen-bond donors (Lipinski definition) is 2. The zero-order chi connectivity index (χ0) is 28.5. The van der Waals surface area contributed by atoms with Gasteiger partial charge in [0.15, 0.2) is 0 Å². The maximum absolute atomic E-state index is 11.3. The highest BCUT2D eigenvalue weighted by Gasteiger charge is 2.04. The smallest absolute Gasteiger partial charge is 0.303 e. The third kappa shape index (κ3) is 34.1. The lowest BCUT2D eigenvalue weighted by atomic mass is 10.3. The molecule has 0 heterocycles. The molecule has 0 saturated heterocycles. The van der Waals surface area contributed by atoms with Crippen LogP contribution in [0.4, 0.5) is 0 Å². The standard InChI is InChI=1S/C26H47NO12/c1-2-7-31-9-11-33-13-15-35-17-19-37-21-23-39-24-22-38-20-18-36-16-14-34-12-10-32-8-3-6-27-25(28)4-5-26(29)30/h1H,3-24H2,(H,27,28)(H,29,30). The third-order valence-corrected chi connectivity index (χ3v) is 4.52. The molecule has 0 aliphatic heterocycles. The lowest BCUT2D eigenvalue weighted by molar-refractivity contribution is -0.138. The van der Waals surface area contributed by atoms with Gasteiger partial charge in [0.05, 0.1) is 112 Å². The van der Waals surface area contributed by atoms with Crippen LogP contribution in [0, 0.1) is 12.3 Å². The molecule has 0 aliphatic carbocycles. The Morgan fingerprint density at radius 3 is 1.21 bits per heavy atom. The first-order valence-corrected chi connectivity index (χ1v) is 13.3. The van der Waals surface area contributed by atoms with Crippen molar-refractivity contribution < 1.29 is 57.3 Å². The second-order valence-electron chi connectivity index (χ2n) is 7.75. The highest BCUT2D eigenvalue weighted by molar-refractivity contribution is 5.80. The van der Waals surface area contributed by atoms with Gasteiger partial charge in [-0.3, -0.25) is 9.59 Å². The molecular weight excluding hydrogens is 518 g/mol. The summed E-state index contributed by atoms with van der Waals surface area (Å²) in [4.78, 5) is 21.7. The van der Waals surface area contributed by atoms with Gasteiger partial charge in [0.1, 0.15) is 6.61 Å². The first kappa shape index (κ1) is 37.1. The molecule has 0 fully saturated rings. The van der Waals surface area contributed by atoms with Crippen LogP contribution in [0.15, 0.2) is 0 Å². The predicted octanol–water partition coefficient (Wildman–Crippen LogP) is 0.140. The van der Waals surface area contributed by atoms with Crippen molar-refractivity contribution >= 4 is 11.9 Å². The SMILES string of the molecule is C#CCOCCOCCOCCOCCOCCOCCOCCOCCOCCCNC(=O)CCC(=O)O. The van der Waals surface area contributed by atoms with Crippen LogP contribution < -0.4 is 5.32 Å². The first-order valence-electron chi connectivity index (χ1n) is 13.3. The molecule has 1 amide bonds. The number of ether oxygens (including phenoxy) is 9. The van der Waals surface area contributed by atoms with Crippen molar-refractivity contribution in [3.05, 3.63) is 0 Å². The number of carbonyl (C=O) groups excluding carboxylic acids is 1. The number of amides is 1. The maximum Gasteiger partial charge on any atom is 0.303 e. The van der Waals surface area contributed by atoms with E-state index in [2.05, 4.69) is 11.2 Å². The molecule has 13 nitrogen and oxygen atoms in total. The van der Waals surface area contributed by atoms with Crippen LogP contribution in [-0.2, 0) is 52.2 Å². The zero-order valence-corrected chi connectivity index (χ0v) is 23.1. The molecule has 0 aliphatic rings. The number of hydrogen-bond acceptors (Lipinski definition) is 11. The number of terminal acetylenes is 1. The highest BCUT2D eigenvalue weighted by atomic mass is 16.6. The average molecular weight is 566 g/mol. The van der Waals surface area contributed by atoms with Crippen molar-refractivity contribution in [3.8, 4) is 12.3 Å². The van der Waals surface area contributed by atoms with E-state index in [4.69, 9.17) is 54.2 Å². The Kier molecular flexibility index (Phi) is 30.8. The fourth-order valence-electron chi connectivity index (χ4n) is 2.60. The topological polar surface area (TPSA) is 149 Å². The number of aliphatic carboxylic acids is 1. The van der Waals surface area contributed by atoms with Crippen molar-refractivity contribution in [1.29, 1.82) is 0 Å². The van der Waals surface area contributed by atoms with E-state index in [1.165, 1.54) is 0 Å². The molecule has 0 aromatic carbocycles. The highest BCUT2D eigenvalue weighted by Crippen LogP contribution is 1.90. The summed E-state index contributed by atoms with van der Waals surface area (Å²) in [7, 11) is 0. The molecule has 0 unspecified atom stereocenters. The number of carboxylic acid groups (broad SMARTS) is 1. The van der Waals surface area contributed by atoms with E-state index in [9.17, 15) is 9.59 Å². The van der Waals surface area contributed by atoms with Gasteiger partial charge >= 0.3 is 5.97 Å². The van der Waals surface area contributed by atoms with Crippen LogP contribution in [0.1, 0.15) is 19.3 Å². The quantitative estimate of drug-likeness (QED) is 0.0844. The molecule has 0 bridgehead atoms. The molecule has 0 aromatic rings. The molecule has 0 rings (SSSR count). The Hall–Kier alpha value is -1.86. The summed E-state index contributed by atoms with van der Waals surface area (Å²) < 4.78 is 48.3. The monoisotopic (exact) mass is 565 g/mol. The summed E-state index contributed by atoms with van der Waals surface area (Å²) in [6.07, 6.45) is 5.55. The van der Waals surface area contributed by atoms with Crippen LogP contribution in [0.25, 0.3) is 0 Å². The molecule has 228 valence electrons. The third-order valence-electron chi connectivity index (χ3n) is 4.52. The molecule has 0 saturated carbocycles. The summed E-state index contributed by atoms with van der Waals surface area (Å²) in [6.45, 7) is 9.00. The van der Waals surface area contributed by atoms with Crippen molar-refractivity contribution in [1.82, 2.24) is 5.32 Å². The van der Waals surface area contributed by atoms with Gasteiger partial charge in [0.25, 0.3) is 0 Å². The van der Waals surface area contributed by atoms with Gasteiger partial charge in [-0.05, 0) is 6.42 Å². The Morgan fingerprint density at radius 2 is 0.872 bits per heavy atom. The summed E-state index contributed by atoms with van der Waals surface area (Å²) in [5.74, 6) is 1.14. The molecule has 39 heavy (non-hydrogen) atoms. The minimum absolute atomic E-state index is 0.00846. The zero-order valence-electron chi connectivity index (χ0n) is 23.1. The summed E-state index contributed by atoms with van der Waals surface area (Å²) >= 11 is 0. The van der Waals surface area contributed by atoms with E-state index in [-0.39, 0.29) is 18.7 Å². The molecular formula is C26H47NO12. The number of nitrogens with one attached hydrogen (secondary N) is 1. The summed E-state index contributed by atoms with van der Waals surface area (Å²) in [6, 6.07) is 0. The molecule has 13 heteroatoms. The van der Waals surface area contributed by atoms with E-state index in [1.54, 1.807) is 0 Å². The number of rotatable bonds is 32. The van der Waals surface area contributed by atoms with Gasteiger partial charge < -0.3 is 53.1 Å². The fraction of sp³-hybridized carbons (Fsp3) is 0.846. The van der Waals surface area contributed by atoms with Crippen LogP contribution in [-0.4, -0.2) is 142 Å². The van der Waals surface area contributed by atoms with Gasteiger partial charge in [-0.25, -0.2) is 0 Å². The lowest BCUT2D eigenvalue weighted by Gasteiger charge is -2.09. The van der Waals surface area contributed by atoms with Gasteiger partial charge in [0.2, 0.25) is 5.91 Å². The second kappa shape index (κ2) is 32.4. The number of carbonyl (C=O) groups is 2. The Labute approximate surface area is 232 Å². The molecule has 0 spiro atoms. The molecule has 0 aromatic heterocycles. The van der Waals surface area contributed by atoms with Crippen LogP contribution in [0.2, 0.25) is 0 Å². The van der Waals surface area contributed by atoms with Crippen LogP contribution in [0.3, 0.4) is 0 Å². The summed E-state index contributed by atoms with van der Waals surface area (Å²) in [5.41, 5.74) is 0. The largest absolute Gasteiger partial charge is 0.481 e. The summed E-state index contributed by atoms with van der Waals surface area (Å²) in [5, 5.41) is 11.2. The van der Waals surface area contributed by atoms with Crippen LogP contribution in [0.5, 0.6) is 0 Å². The Bertz CT molecular complexity index is 588. The van der Waals surface area contributed by atoms with Crippen molar-refractivity contribution in [2.24, 2.45) is 0 Å². The number of carboxylic acids is 1. The second-order valence-corrected chi connectivity index (χ2v) is 7.75. The first-order chi connectivity index (χ1) is 19.2. The average Bonchev–Trinajstić information content (AvgIpc) is 2.93. The molecule has 0 radical (unpaired) electrons. The van der Waals surface area contributed by atoms with E-state index >= 15 is 0 Å². The van der Waals surface area contributed by atoms with Gasteiger partial charge in [-0.1, -0.05) is 5.92 Å². The fourth-order valence-corrected chi connectivity index (χ4v) is 2.60. The normalized spacial score (nSPS) is 10.9. The van der Waals surface area contributed by atoms with Gasteiger partial charge in [0, 0.05) is 19.6 Å². The molecule has 2 N–H and O–H groups in total. The van der Waals surface area contributed by atoms with Gasteiger partial charge in [-0.15, -0.1) is 6.42 Å². The Morgan fingerprint density at radius 1 is 0.538 bits per heavy atom. The van der Waals surface area contributed by atoms with E-state index in [0.29, 0.717) is 132 Å². The van der Waals surface area contributed by atoms with Crippen molar-refractivity contribution in [2.45, 2.75) is 19.3 Å². The van der Waals surface area contributed by atoms with Crippen molar-refractivity contribution in [3.63, 3.8) is 0 Å². The Balaban J connectivity index is 3.08. The predicted molar refractivity (Wildman–Crippen MR) is 141 cm³/mol. The van der Waals surface area contributed by atoms with Gasteiger partial charge in [-0.2, -0.15) is 0 Å². The van der Waals surface area contributed by atoms with Crippen molar-refractivity contribution in [2.75, 3.05) is 125 Å². The minimum Gasteiger partial charge on any atom is -0.481 e. The van der Waals surface area contributed by atoms with E-state index in [1.807, 2.05) is 0 Å².